The average Bonchev–Trinajstić information content (AvgIpc) is 3.55. The molecule has 0 saturated heterocycles. The van der Waals surface area contributed by atoms with Crippen LogP contribution >= 0.6 is 0 Å². The van der Waals surface area contributed by atoms with Gasteiger partial charge >= 0.3 is 0 Å². The number of nitrogens with one attached hydrogen (secondary N) is 1. The maximum atomic E-state index is 12.4. The molecular weight excluding hydrogens is 508 g/mol. The predicted octanol–water partition coefficient (Wildman–Crippen LogP) is 2.86. The van der Waals surface area contributed by atoms with Crippen LogP contribution < -0.4 is 0 Å². The van der Waals surface area contributed by atoms with E-state index in [-0.39, 0.29) is 23.7 Å². The molecule has 0 amide bonds. The molecule has 0 aliphatic heterocycles. The molecule has 6 aromatic rings. The quantitative estimate of drug-likeness (QED) is 0.281. The minimum atomic E-state index is -3.98. The highest BCUT2D eigenvalue weighted by Gasteiger charge is 2.18. The number of hydrogen-bond donors (Lipinski definition) is 2. The molecule has 0 bridgehead atoms. The van der Waals surface area contributed by atoms with Gasteiger partial charge in [0.2, 0.25) is 5.65 Å². The predicted molar refractivity (Wildman–Crippen MR) is 136 cm³/mol. The summed E-state index contributed by atoms with van der Waals surface area (Å²) >= 11 is 0. The molecule has 0 radical (unpaired) electrons. The number of aromatic amines is 1. The van der Waals surface area contributed by atoms with Crippen LogP contribution in [0.4, 0.5) is 0 Å². The van der Waals surface area contributed by atoms with Gasteiger partial charge in [-0.2, -0.15) is 13.5 Å². The molecule has 38 heavy (non-hydrogen) atoms. The first-order valence-electron chi connectivity index (χ1n) is 11.6. The number of phenolic OH excluding ortho intramolecular Hbond substituents is 1. The van der Waals surface area contributed by atoms with Crippen molar-refractivity contribution in [3.63, 3.8) is 0 Å². The van der Waals surface area contributed by atoms with Crippen molar-refractivity contribution in [3.05, 3.63) is 84.4 Å². The van der Waals surface area contributed by atoms with Gasteiger partial charge in [0.05, 0.1) is 41.7 Å². The number of rotatable bonds is 8. The summed E-state index contributed by atoms with van der Waals surface area (Å²) in [6.45, 7) is 0.324. The minimum Gasteiger partial charge on any atom is -0.508 e. The van der Waals surface area contributed by atoms with Gasteiger partial charge < -0.3 is 5.11 Å². The molecule has 12 nitrogen and oxygen atoms in total. The van der Waals surface area contributed by atoms with Crippen molar-refractivity contribution in [2.45, 2.75) is 17.9 Å². The molecule has 4 aromatic heterocycles. The van der Waals surface area contributed by atoms with Crippen LogP contribution in [-0.4, -0.2) is 60.3 Å². The van der Waals surface area contributed by atoms with Gasteiger partial charge in [0, 0.05) is 29.3 Å². The Morgan fingerprint density at radius 2 is 1.89 bits per heavy atom. The number of phenols is 1. The van der Waals surface area contributed by atoms with Crippen molar-refractivity contribution < 1.29 is 17.7 Å². The van der Waals surface area contributed by atoms with Crippen molar-refractivity contribution in [3.8, 4) is 17.0 Å². The molecule has 2 N–H and O–H groups in total. The second-order valence-electron chi connectivity index (χ2n) is 8.46. The molecule has 6 rings (SSSR count). The highest BCUT2D eigenvalue weighted by Crippen LogP contribution is 2.23. The first-order chi connectivity index (χ1) is 18.5. The van der Waals surface area contributed by atoms with Crippen molar-refractivity contribution in [2.24, 2.45) is 0 Å². The number of fused-ring (bicyclic) bond motifs is 2. The van der Waals surface area contributed by atoms with Crippen molar-refractivity contribution in [2.75, 3.05) is 6.61 Å². The Morgan fingerprint density at radius 1 is 1.03 bits per heavy atom. The first kappa shape index (κ1) is 23.6. The molecule has 0 aliphatic rings. The van der Waals surface area contributed by atoms with E-state index in [9.17, 15) is 13.5 Å². The lowest BCUT2D eigenvalue weighted by Crippen LogP contribution is -2.09. The van der Waals surface area contributed by atoms with E-state index in [2.05, 4.69) is 30.5 Å². The summed E-state index contributed by atoms with van der Waals surface area (Å²) in [4.78, 5) is 13.4. The summed E-state index contributed by atoms with van der Waals surface area (Å²) in [5.74, 6) is -0.0322. The number of nitrogens with zero attached hydrogens (tertiary/aromatic N) is 7. The number of benzene rings is 2. The second-order valence-corrected chi connectivity index (χ2v) is 10.1. The molecule has 0 spiro atoms. The van der Waals surface area contributed by atoms with Crippen molar-refractivity contribution >= 4 is 32.3 Å². The van der Waals surface area contributed by atoms with Crippen LogP contribution in [0.15, 0.2) is 78.1 Å². The maximum absolute atomic E-state index is 12.4. The van der Waals surface area contributed by atoms with E-state index >= 15 is 0 Å². The molecule has 13 heteroatoms. The second kappa shape index (κ2) is 9.61. The van der Waals surface area contributed by atoms with Gasteiger partial charge in [0.1, 0.15) is 5.75 Å². The molecule has 190 valence electrons. The Hall–Kier alpha value is -4.75. The Morgan fingerprint density at radius 3 is 2.76 bits per heavy atom. The fourth-order valence-electron chi connectivity index (χ4n) is 4.05. The smallest absolute Gasteiger partial charge is 0.296 e. The van der Waals surface area contributed by atoms with Gasteiger partial charge in [-0.3, -0.25) is 14.3 Å². The van der Waals surface area contributed by atoms with E-state index in [1.807, 2.05) is 30.3 Å². The SMILES string of the molecule is O=S(=O)(OCCc1[nH]ncc1-c1cnc2nnn(Cc3ccc4ncccc4c3)c2n1)c1ccc(O)cc1. The number of pyridine rings is 1. The Balaban J connectivity index is 1.21. The first-order valence-corrected chi connectivity index (χ1v) is 13.0. The molecule has 0 aliphatic carbocycles. The van der Waals surface area contributed by atoms with Gasteiger partial charge in [0.15, 0.2) is 5.65 Å². The summed E-state index contributed by atoms with van der Waals surface area (Å²) in [7, 11) is -3.98. The lowest BCUT2D eigenvalue weighted by atomic mass is 10.1. The normalized spacial score (nSPS) is 11.9. The van der Waals surface area contributed by atoms with Crippen LogP contribution in [0.5, 0.6) is 5.75 Å². The van der Waals surface area contributed by atoms with E-state index in [0.717, 1.165) is 16.5 Å². The Kier molecular flexibility index (Phi) is 5.98. The summed E-state index contributed by atoms with van der Waals surface area (Å²) in [6, 6.07) is 15.0. The van der Waals surface area contributed by atoms with Crippen LogP contribution in [0.2, 0.25) is 0 Å². The zero-order chi connectivity index (χ0) is 26.1. The largest absolute Gasteiger partial charge is 0.508 e. The minimum absolute atomic E-state index is 0.0322. The summed E-state index contributed by atoms with van der Waals surface area (Å²) in [5.41, 5.74) is 4.68. The van der Waals surface area contributed by atoms with Gasteiger partial charge in [0.25, 0.3) is 10.1 Å². The highest BCUT2D eigenvalue weighted by atomic mass is 32.2. The summed E-state index contributed by atoms with van der Waals surface area (Å²) in [6.07, 6.45) is 5.17. The Bertz CT molecular complexity index is 1870. The Labute approximate surface area is 216 Å². The summed E-state index contributed by atoms with van der Waals surface area (Å²) < 4.78 is 31.7. The monoisotopic (exact) mass is 528 g/mol. The number of aromatic nitrogens is 8. The third kappa shape index (κ3) is 4.67. The number of H-pyrrole nitrogens is 1. The lowest BCUT2D eigenvalue weighted by Gasteiger charge is -2.07. The molecule has 0 atom stereocenters. The van der Waals surface area contributed by atoms with Gasteiger partial charge in [-0.25, -0.2) is 14.6 Å². The van der Waals surface area contributed by atoms with E-state index in [1.165, 1.54) is 24.3 Å². The van der Waals surface area contributed by atoms with Gasteiger partial charge in [-0.1, -0.05) is 17.3 Å². The fraction of sp³-hybridized carbons (Fsp3) is 0.120. The van der Waals surface area contributed by atoms with Gasteiger partial charge in [-0.05, 0) is 48.0 Å². The molecular formula is C25H20N8O4S. The number of aromatic hydroxyl groups is 1. The van der Waals surface area contributed by atoms with E-state index in [0.29, 0.717) is 34.8 Å². The molecule has 4 heterocycles. The van der Waals surface area contributed by atoms with Crippen molar-refractivity contribution in [1.29, 1.82) is 0 Å². The highest BCUT2D eigenvalue weighted by molar-refractivity contribution is 7.86. The van der Waals surface area contributed by atoms with Crippen LogP contribution in [0.25, 0.3) is 33.5 Å². The molecule has 0 fully saturated rings. The maximum Gasteiger partial charge on any atom is 0.296 e. The van der Waals surface area contributed by atoms with E-state index < -0.39 is 10.1 Å². The van der Waals surface area contributed by atoms with Crippen LogP contribution in [-0.2, 0) is 27.3 Å². The van der Waals surface area contributed by atoms with Crippen molar-refractivity contribution in [1.82, 2.24) is 40.1 Å². The van der Waals surface area contributed by atoms with Crippen LogP contribution in [0.3, 0.4) is 0 Å². The van der Waals surface area contributed by atoms with Crippen LogP contribution in [0.1, 0.15) is 11.3 Å². The standard InChI is InChI=1S/C25H20N8O4S/c34-18-4-6-19(7-5-18)38(35,36)37-11-9-22-20(13-28-30-22)23-14-27-24-25(29-23)33(32-31-24)15-16-3-8-21-17(12-16)2-1-10-26-21/h1-8,10,12-14,34H,9,11,15H2,(H,28,30). The molecule has 0 saturated carbocycles. The molecule has 2 aromatic carbocycles. The van der Waals surface area contributed by atoms with Crippen LogP contribution in [0, 0.1) is 0 Å². The zero-order valence-corrected chi connectivity index (χ0v) is 20.6. The number of hydrogen-bond acceptors (Lipinski definition) is 10. The lowest BCUT2D eigenvalue weighted by molar-refractivity contribution is 0.321. The van der Waals surface area contributed by atoms with E-state index in [1.54, 1.807) is 23.3 Å². The fourth-order valence-corrected chi connectivity index (χ4v) is 4.95. The topological polar surface area (TPSA) is 162 Å². The zero-order valence-electron chi connectivity index (χ0n) is 19.8. The molecule has 0 unspecified atom stereocenters. The third-order valence-electron chi connectivity index (χ3n) is 5.94. The third-order valence-corrected chi connectivity index (χ3v) is 7.26. The summed E-state index contributed by atoms with van der Waals surface area (Å²) in [5, 5.41) is 25.7. The van der Waals surface area contributed by atoms with Gasteiger partial charge in [-0.15, -0.1) is 5.10 Å². The average molecular weight is 529 g/mol. The van der Waals surface area contributed by atoms with E-state index in [4.69, 9.17) is 9.17 Å².